The Morgan fingerprint density at radius 3 is 2.13 bits per heavy atom. The zero-order valence-electron chi connectivity index (χ0n) is 24.8. The summed E-state index contributed by atoms with van der Waals surface area (Å²) in [5, 5.41) is 52.8. The maximum Gasteiger partial charge on any atom is 0.183 e. The number of hydrogen-bond acceptors (Lipinski definition) is 11. The van der Waals surface area contributed by atoms with Crippen molar-refractivity contribution in [3.63, 3.8) is 0 Å². The maximum absolute atomic E-state index is 13.0. The van der Waals surface area contributed by atoms with Gasteiger partial charge < -0.3 is 35.0 Å². The molecule has 10 atom stereocenters. The lowest BCUT2D eigenvalue weighted by molar-refractivity contribution is -0.138. The molecule has 4 heterocycles. The van der Waals surface area contributed by atoms with E-state index in [-0.39, 0.29) is 40.8 Å². The smallest absolute Gasteiger partial charge is 0.183 e. The summed E-state index contributed by atoms with van der Waals surface area (Å²) in [6, 6.07) is 5.34. The van der Waals surface area contributed by atoms with E-state index in [2.05, 4.69) is 4.90 Å². The summed E-state index contributed by atoms with van der Waals surface area (Å²) in [6.07, 6.45) is 5.38. The molecule has 10 rings (SSSR count). The average molecular weight is 615 g/mol. The first-order chi connectivity index (χ1) is 21.5. The van der Waals surface area contributed by atoms with Crippen LogP contribution < -0.4 is 9.47 Å². The number of carbonyl (C=O) groups is 2. The van der Waals surface area contributed by atoms with Gasteiger partial charge in [0, 0.05) is 33.6 Å². The third-order valence-corrected chi connectivity index (χ3v) is 12.1. The topological polar surface area (TPSA) is 160 Å². The van der Waals surface area contributed by atoms with E-state index < -0.39 is 46.9 Å². The van der Waals surface area contributed by atoms with Gasteiger partial charge in [-0.05, 0) is 64.3 Å². The van der Waals surface area contributed by atoms with Gasteiger partial charge in [-0.15, -0.1) is 0 Å². The summed E-state index contributed by atoms with van der Waals surface area (Å²) in [5.74, 6) is 0.515. The molecule has 0 saturated carbocycles. The number of aliphatic hydroxyl groups is 3. The highest BCUT2D eigenvalue weighted by atomic mass is 16.5. The van der Waals surface area contributed by atoms with Gasteiger partial charge >= 0.3 is 0 Å². The number of aromatic hydroxyl groups is 2. The summed E-state index contributed by atoms with van der Waals surface area (Å²) in [6.45, 7) is 1.38. The molecule has 0 amide bonds. The Labute approximate surface area is 258 Å². The van der Waals surface area contributed by atoms with Crippen molar-refractivity contribution in [2.24, 2.45) is 5.92 Å². The molecule has 0 radical (unpaired) electrons. The highest BCUT2D eigenvalue weighted by molar-refractivity contribution is 6.07. The number of aliphatic hydroxyl groups excluding tert-OH is 2. The van der Waals surface area contributed by atoms with Crippen LogP contribution in [-0.4, -0.2) is 116 Å². The van der Waals surface area contributed by atoms with Gasteiger partial charge in [0.2, 0.25) is 0 Å². The van der Waals surface area contributed by atoms with Crippen LogP contribution in [0.5, 0.6) is 23.0 Å². The number of phenols is 2. The Hall–Kier alpha value is -3.74. The van der Waals surface area contributed by atoms with Crippen molar-refractivity contribution in [3.05, 3.63) is 70.8 Å². The largest absolute Gasteiger partial charge is 0.504 e. The second-order valence-corrected chi connectivity index (χ2v) is 13.9. The molecule has 234 valence electrons. The number of ether oxygens (including phenoxy) is 2. The first-order valence-electron chi connectivity index (χ1n) is 15.5. The van der Waals surface area contributed by atoms with Crippen LogP contribution in [0.25, 0.3) is 0 Å². The number of phenolic OH excluding ortho intramolecular Hbond substituents is 2. The number of nitrogens with zero attached hydrogens (tertiary/aromatic N) is 2. The van der Waals surface area contributed by atoms with Crippen molar-refractivity contribution < 1.29 is 44.6 Å². The number of rotatable bonds is 0. The quantitative estimate of drug-likeness (QED) is 0.267. The van der Waals surface area contributed by atoms with Crippen LogP contribution in [0, 0.1) is 5.92 Å². The number of piperidine rings is 2. The van der Waals surface area contributed by atoms with Crippen LogP contribution in [0.2, 0.25) is 0 Å². The van der Waals surface area contributed by atoms with Crippen LogP contribution in [0.3, 0.4) is 0 Å². The van der Waals surface area contributed by atoms with E-state index in [0.717, 1.165) is 18.5 Å². The summed E-state index contributed by atoms with van der Waals surface area (Å²) in [5.41, 5.74) is -0.261. The second kappa shape index (κ2) is 8.54. The van der Waals surface area contributed by atoms with E-state index in [4.69, 9.17) is 9.47 Å². The molecule has 2 fully saturated rings. The van der Waals surface area contributed by atoms with Crippen molar-refractivity contribution in [2.45, 2.75) is 65.8 Å². The zero-order valence-corrected chi connectivity index (χ0v) is 24.8. The lowest BCUT2D eigenvalue weighted by atomic mass is 9.50. The van der Waals surface area contributed by atoms with Gasteiger partial charge in [0.25, 0.3) is 0 Å². The highest BCUT2D eigenvalue weighted by Crippen LogP contribution is 2.64. The number of carbonyl (C=O) groups excluding carboxylic acids is 2. The van der Waals surface area contributed by atoms with Crippen LogP contribution >= 0.6 is 0 Å². The number of likely N-dealkylation sites (tertiary alicyclic amines) is 2. The minimum atomic E-state index is -1.45. The molecule has 8 aliphatic rings. The Bertz CT molecular complexity index is 1790. The molecule has 4 aliphatic heterocycles. The molecule has 5 N–H and O–H groups in total. The van der Waals surface area contributed by atoms with E-state index in [1.165, 1.54) is 18.2 Å². The monoisotopic (exact) mass is 614 g/mol. The average Bonchev–Trinajstić information content (AvgIpc) is 3.55. The fraction of sp³-hybridized carbons (Fsp3) is 0.471. The van der Waals surface area contributed by atoms with Crippen molar-refractivity contribution in [3.8, 4) is 23.0 Å². The lowest BCUT2D eigenvalue weighted by Gasteiger charge is -2.60. The SMILES string of the molecule is CN1CC[C@]23c4c5ccc(O)c4O[C@H]2[C@@H](O)C=C[C@@]3(O)[C@H]1C5=O.CN1CC[C@]23c4c5ccc(O)c4O[C@H]2[C@@H](O)C=C[C@H]3[C@H]1C5=O. The van der Waals surface area contributed by atoms with E-state index in [0.29, 0.717) is 35.4 Å². The van der Waals surface area contributed by atoms with Gasteiger partial charge in [0.15, 0.2) is 34.6 Å². The number of benzene rings is 2. The molecule has 11 heteroatoms. The lowest BCUT2D eigenvalue weighted by Crippen LogP contribution is -2.76. The third-order valence-electron chi connectivity index (χ3n) is 12.1. The Morgan fingerprint density at radius 2 is 1.40 bits per heavy atom. The second-order valence-electron chi connectivity index (χ2n) is 13.9. The molecule has 2 spiro atoms. The first-order valence-corrected chi connectivity index (χ1v) is 15.5. The fourth-order valence-electron chi connectivity index (χ4n) is 10.2. The van der Waals surface area contributed by atoms with Crippen LogP contribution in [-0.2, 0) is 10.8 Å². The first kappa shape index (κ1) is 27.6. The molecule has 4 bridgehead atoms. The summed E-state index contributed by atoms with van der Waals surface area (Å²) in [7, 11) is 3.80. The fourth-order valence-corrected chi connectivity index (χ4v) is 10.2. The van der Waals surface area contributed by atoms with Crippen molar-refractivity contribution in [1.82, 2.24) is 9.80 Å². The Morgan fingerprint density at radius 1 is 0.778 bits per heavy atom. The standard InChI is InChI=1S/C17H17NO5.C17H17NO4/c1-18-7-6-16-11-8-2-3-9(19)13(11)23-15(16)10(20)4-5-17(16,22)14(18)12(8)21;1-18-7-6-17-9-3-5-11(20)16(17)22-15-10(19)4-2-8(12(15)17)14(21)13(9)18/h2-5,10,14-15,19-20,22H,6-7H2,1H3;2-5,9,11,13,16,19-20H,6-7H2,1H3/t10-,14+,15-,16-,17+;9-,11-,13-,16-,17-/m00/s1. The predicted octanol–water partition coefficient (Wildman–Crippen LogP) is 0.791. The van der Waals surface area contributed by atoms with Gasteiger partial charge in [-0.3, -0.25) is 19.4 Å². The number of hydrogen-bond donors (Lipinski definition) is 5. The van der Waals surface area contributed by atoms with E-state index >= 15 is 0 Å². The molecule has 11 nitrogen and oxygen atoms in total. The number of ketones is 2. The van der Waals surface area contributed by atoms with Crippen LogP contribution in [0.15, 0.2) is 48.6 Å². The molecule has 2 saturated heterocycles. The van der Waals surface area contributed by atoms with Crippen molar-refractivity contribution in [1.29, 1.82) is 0 Å². The van der Waals surface area contributed by atoms with Crippen LogP contribution in [0.4, 0.5) is 0 Å². The maximum atomic E-state index is 13.0. The number of Topliss-reactive ketones (excluding diaryl/α,β-unsaturated/α-hetero) is 2. The third kappa shape index (κ3) is 2.91. The van der Waals surface area contributed by atoms with E-state index in [9.17, 15) is 35.1 Å². The minimum absolute atomic E-state index is 0.0114. The molecule has 2 aromatic rings. The van der Waals surface area contributed by atoms with Crippen LogP contribution in [0.1, 0.15) is 44.7 Å². The molecular weight excluding hydrogens is 580 g/mol. The summed E-state index contributed by atoms with van der Waals surface area (Å²) < 4.78 is 11.9. The van der Waals surface area contributed by atoms with Gasteiger partial charge in [-0.25, -0.2) is 0 Å². The highest BCUT2D eigenvalue weighted by Gasteiger charge is 2.73. The number of likely N-dealkylation sites (N-methyl/N-ethyl adjacent to an activating group) is 2. The van der Waals surface area contributed by atoms with Gasteiger partial charge in [-0.2, -0.15) is 0 Å². The normalized spacial score (nSPS) is 42.3. The van der Waals surface area contributed by atoms with Gasteiger partial charge in [0.1, 0.15) is 36.1 Å². The summed E-state index contributed by atoms with van der Waals surface area (Å²) >= 11 is 0. The van der Waals surface area contributed by atoms with Crippen molar-refractivity contribution >= 4 is 11.6 Å². The van der Waals surface area contributed by atoms with E-state index in [1.807, 2.05) is 25.1 Å². The molecule has 0 aromatic heterocycles. The minimum Gasteiger partial charge on any atom is -0.504 e. The predicted molar refractivity (Wildman–Crippen MR) is 158 cm³/mol. The molecule has 45 heavy (non-hydrogen) atoms. The zero-order chi connectivity index (χ0) is 31.4. The van der Waals surface area contributed by atoms with Gasteiger partial charge in [0.05, 0.1) is 11.5 Å². The van der Waals surface area contributed by atoms with E-state index in [1.54, 1.807) is 24.3 Å². The summed E-state index contributed by atoms with van der Waals surface area (Å²) in [4.78, 5) is 30.0. The molecule has 4 aliphatic carbocycles. The molecule has 0 unspecified atom stereocenters. The Balaban J connectivity index is 0.000000125. The molecule has 2 aromatic carbocycles. The van der Waals surface area contributed by atoms with Crippen molar-refractivity contribution in [2.75, 3.05) is 27.2 Å². The van der Waals surface area contributed by atoms with Gasteiger partial charge in [-0.1, -0.05) is 24.3 Å². The molecular formula is C34H34N2O9. The Kier molecular flexibility index (Phi) is 5.23.